The highest BCUT2D eigenvalue weighted by Crippen LogP contribution is 2.27. The predicted molar refractivity (Wildman–Crippen MR) is 135 cm³/mol. The van der Waals surface area contributed by atoms with Crippen LogP contribution in [0.1, 0.15) is 42.1 Å². The molecule has 190 valence electrons. The number of furan rings is 1. The summed E-state index contributed by atoms with van der Waals surface area (Å²) in [5, 5.41) is 13.3. The molecule has 0 saturated heterocycles. The number of H-pyrrole nitrogens is 1. The van der Waals surface area contributed by atoms with Gasteiger partial charge in [-0.25, -0.2) is 9.07 Å². The fraction of sp³-hybridized carbons (Fsp3) is 0.259. The second-order valence-corrected chi connectivity index (χ2v) is 8.81. The SMILES string of the molecule is CC[C@H](c1nnnn1Cc1ccco1)N(Cc1ccc(F)cc1)Cc1cc2cc(OC)ccc2[nH]c1=O. The smallest absolute Gasteiger partial charge is 0.252 e. The summed E-state index contributed by atoms with van der Waals surface area (Å²) in [4.78, 5) is 18.2. The lowest BCUT2D eigenvalue weighted by Gasteiger charge is -2.30. The number of nitrogens with zero attached hydrogens (tertiary/aromatic N) is 5. The van der Waals surface area contributed by atoms with Crippen LogP contribution in [0.3, 0.4) is 0 Å². The molecule has 5 rings (SSSR count). The van der Waals surface area contributed by atoms with Crippen molar-refractivity contribution in [3.8, 4) is 5.75 Å². The molecule has 0 aliphatic rings. The summed E-state index contributed by atoms with van der Waals surface area (Å²) >= 11 is 0. The molecule has 0 aliphatic heterocycles. The van der Waals surface area contributed by atoms with Crippen LogP contribution in [-0.2, 0) is 19.6 Å². The minimum atomic E-state index is -0.301. The van der Waals surface area contributed by atoms with Crippen LogP contribution in [0, 0.1) is 5.82 Å². The van der Waals surface area contributed by atoms with Crippen molar-refractivity contribution < 1.29 is 13.5 Å². The fourth-order valence-electron chi connectivity index (χ4n) is 4.51. The second kappa shape index (κ2) is 10.8. The van der Waals surface area contributed by atoms with Crippen molar-refractivity contribution in [2.24, 2.45) is 0 Å². The highest BCUT2D eigenvalue weighted by atomic mass is 19.1. The minimum absolute atomic E-state index is 0.174. The van der Waals surface area contributed by atoms with Crippen molar-refractivity contribution in [2.75, 3.05) is 7.11 Å². The molecule has 3 aromatic heterocycles. The van der Waals surface area contributed by atoms with Crippen LogP contribution < -0.4 is 10.3 Å². The summed E-state index contributed by atoms with van der Waals surface area (Å²) in [5.41, 5.74) is 2.05. The van der Waals surface area contributed by atoms with Crippen molar-refractivity contribution in [1.82, 2.24) is 30.1 Å². The van der Waals surface area contributed by atoms with Crippen molar-refractivity contribution in [1.29, 1.82) is 0 Å². The molecule has 0 fully saturated rings. The normalized spacial score (nSPS) is 12.3. The zero-order chi connectivity index (χ0) is 25.8. The summed E-state index contributed by atoms with van der Waals surface area (Å²) in [6.07, 6.45) is 2.29. The molecule has 0 amide bonds. The molecule has 2 aromatic carbocycles. The monoisotopic (exact) mass is 502 g/mol. The second-order valence-electron chi connectivity index (χ2n) is 8.81. The minimum Gasteiger partial charge on any atom is -0.497 e. The number of tetrazole rings is 1. The molecular weight excluding hydrogens is 475 g/mol. The summed E-state index contributed by atoms with van der Waals surface area (Å²) in [6, 6.07) is 17.2. The fourth-order valence-corrected chi connectivity index (χ4v) is 4.51. The Morgan fingerprint density at radius 3 is 2.70 bits per heavy atom. The van der Waals surface area contributed by atoms with Crippen LogP contribution in [-0.4, -0.2) is 37.2 Å². The average molecular weight is 503 g/mol. The zero-order valence-electron chi connectivity index (χ0n) is 20.6. The lowest BCUT2D eigenvalue weighted by molar-refractivity contribution is 0.161. The van der Waals surface area contributed by atoms with Crippen LogP contribution in [0.25, 0.3) is 10.9 Å². The van der Waals surface area contributed by atoms with E-state index in [2.05, 4.69) is 25.4 Å². The van der Waals surface area contributed by atoms with Crippen LogP contribution in [0.2, 0.25) is 0 Å². The van der Waals surface area contributed by atoms with E-state index in [1.807, 2.05) is 43.3 Å². The van der Waals surface area contributed by atoms with Crippen LogP contribution in [0.4, 0.5) is 4.39 Å². The molecule has 9 nitrogen and oxygen atoms in total. The molecule has 0 radical (unpaired) electrons. The van der Waals surface area contributed by atoms with Gasteiger partial charge in [0, 0.05) is 29.6 Å². The Hall–Kier alpha value is -4.31. The van der Waals surface area contributed by atoms with Crippen molar-refractivity contribution in [3.05, 3.63) is 106 Å². The number of rotatable bonds is 10. The first kappa shape index (κ1) is 24.4. The van der Waals surface area contributed by atoms with Gasteiger partial charge in [0.25, 0.3) is 5.56 Å². The predicted octanol–water partition coefficient (Wildman–Crippen LogP) is 4.46. The van der Waals surface area contributed by atoms with E-state index >= 15 is 0 Å². The molecule has 1 N–H and O–H groups in total. The maximum Gasteiger partial charge on any atom is 0.252 e. The third-order valence-corrected chi connectivity index (χ3v) is 6.37. The largest absolute Gasteiger partial charge is 0.497 e. The van der Waals surface area contributed by atoms with Gasteiger partial charge in [0.2, 0.25) is 0 Å². The number of ether oxygens (including phenoxy) is 1. The van der Waals surface area contributed by atoms with E-state index in [4.69, 9.17) is 9.15 Å². The number of nitrogens with one attached hydrogen (secondary N) is 1. The van der Waals surface area contributed by atoms with Gasteiger partial charge in [-0.05, 0) is 70.9 Å². The van der Waals surface area contributed by atoms with Crippen molar-refractivity contribution >= 4 is 10.9 Å². The zero-order valence-corrected chi connectivity index (χ0v) is 20.6. The molecule has 1 atom stereocenters. The number of aromatic nitrogens is 5. The maximum absolute atomic E-state index is 13.6. The third-order valence-electron chi connectivity index (χ3n) is 6.37. The van der Waals surface area contributed by atoms with Gasteiger partial charge in [0.05, 0.1) is 19.4 Å². The number of pyridine rings is 1. The number of hydrogen-bond donors (Lipinski definition) is 1. The third kappa shape index (κ3) is 5.44. The van der Waals surface area contributed by atoms with Gasteiger partial charge in [0.1, 0.15) is 23.9 Å². The molecule has 0 bridgehead atoms. The van der Waals surface area contributed by atoms with Gasteiger partial charge in [-0.3, -0.25) is 9.69 Å². The van der Waals surface area contributed by atoms with Gasteiger partial charge in [0.15, 0.2) is 5.82 Å². The molecule has 0 aliphatic carbocycles. The number of aromatic amines is 1. The van der Waals surface area contributed by atoms with E-state index in [0.717, 1.165) is 22.2 Å². The number of methoxy groups -OCH3 is 1. The van der Waals surface area contributed by atoms with E-state index in [1.54, 1.807) is 30.2 Å². The number of benzene rings is 2. The molecule has 0 saturated carbocycles. The summed E-state index contributed by atoms with van der Waals surface area (Å²) in [6.45, 7) is 3.21. The quantitative estimate of drug-likeness (QED) is 0.301. The Morgan fingerprint density at radius 2 is 1.97 bits per heavy atom. The lowest BCUT2D eigenvalue weighted by Crippen LogP contribution is -2.32. The molecule has 0 spiro atoms. The van der Waals surface area contributed by atoms with Crippen molar-refractivity contribution in [3.63, 3.8) is 0 Å². The van der Waals surface area contributed by atoms with E-state index in [1.165, 1.54) is 12.1 Å². The molecule has 3 heterocycles. The Balaban J connectivity index is 1.52. The van der Waals surface area contributed by atoms with Crippen LogP contribution >= 0.6 is 0 Å². The lowest BCUT2D eigenvalue weighted by atomic mass is 10.1. The average Bonchev–Trinajstić information content (AvgIpc) is 3.59. The first-order valence-corrected chi connectivity index (χ1v) is 12.0. The summed E-state index contributed by atoms with van der Waals surface area (Å²) in [5.74, 6) is 1.79. The van der Waals surface area contributed by atoms with Crippen LogP contribution in [0.5, 0.6) is 5.75 Å². The standard InChI is InChI=1S/C27H27FN6O3/c1-3-25(26-30-31-32-34(26)17-23-5-4-12-37-23)33(15-18-6-8-21(28)9-7-18)16-20-13-19-14-22(36-2)10-11-24(19)29-27(20)35/h4-14,25H,3,15-17H2,1-2H3,(H,29,35)/t25-/m1/s1. The van der Waals surface area contributed by atoms with E-state index < -0.39 is 0 Å². The Labute approximate surface area is 212 Å². The van der Waals surface area contributed by atoms with Gasteiger partial charge >= 0.3 is 0 Å². The first-order valence-electron chi connectivity index (χ1n) is 12.0. The Bertz CT molecular complexity index is 1530. The number of halogens is 1. The van der Waals surface area contributed by atoms with Crippen molar-refractivity contribution in [2.45, 2.75) is 39.0 Å². The van der Waals surface area contributed by atoms with E-state index in [-0.39, 0.29) is 17.4 Å². The molecule has 37 heavy (non-hydrogen) atoms. The molecule has 5 aromatic rings. The maximum atomic E-state index is 13.6. The Kier molecular flexibility index (Phi) is 7.09. The summed E-state index contributed by atoms with van der Waals surface area (Å²) < 4.78 is 26.2. The van der Waals surface area contributed by atoms with E-state index in [9.17, 15) is 9.18 Å². The molecule has 0 unspecified atom stereocenters. The Morgan fingerprint density at radius 1 is 1.14 bits per heavy atom. The molecular formula is C27H27FN6O3. The summed E-state index contributed by atoms with van der Waals surface area (Å²) in [7, 11) is 1.61. The highest BCUT2D eigenvalue weighted by Gasteiger charge is 2.26. The topological polar surface area (TPSA) is 102 Å². The number of hydrogen-bond acceptors (Lipinski definition) is 7. The van der Waals surface area contributed by atoms with Gasteiger partial charge in [-0.2, -0.15) is 0 Å². The van der Waals surface area contributed by atoms with Crippen LogP contribution in [0.15, 0.2) is 76.1 Å². The van der Waals surface area contributed by atoms with E-state index in [0.29, 0.717) is 43.2 Å². The molecule has 10 heteroatoms. The van der Waals surface area contributed by atoms with Gasteiger partial charge in [-0.15, -0.1) is 5.10 Å². The number of fused-ring (bicyclic) bond motifs is 1. The van der Waals surface area contributed by atoms with Gasteiger partial charge < -0.3 is 14.1 Å². The first-order chi connectivity index (χ1) is 18.0. The van der Waals surface area contributed by atoms with Gasteiger partial charge in [-0.1, -0.05) is 19.1 Å². The highest BCUT2D eigenvalue weighted by molar-refractivity contribution is 5.80.